The van der Waals surface area contributed by atoms with Crippen LogP contribution < -0.4 is 0 Å². The van der Waals surface area contributed by atoms with Crippen molar-refractivity contribution >= 4 is 9.28 Å². The summed E-state index contributed by atoms with van der Waals surface area (Å²) < 4.78 is 23.9. The van der Waals surface area contributed by atoms with E-state index in [1.807, 2.05) is 19.9 Å². The molecule has 0 aliphatic rings. The molecular formula is C11H16FO2Si. The molecule has 0 spiro atoms. The van der Waals surface area contributed by atoms with Crippen LogP contribution in [0.25, 0.3) is 0 Å². The number of benzene rings is 1. The zero-order chi connectivity index (χ0) is 11.1. The van der Waals surface area contributed by atoms with E-state index in [1.54, 1.807) is 6.07 Å². The van der Waals surface area contributed by atoms with Gasteiger partial charge in [-0.1, -0.05) is 12.1 Å². The fourth-order valence-corrected chi connectivity index (χ4v) is 2.76. The Balaban J connectivity index is 2.56. The number of hydrogen-bond donors (Lipinski definition) is 0. The van der Waals surface area contributed by atoms with Crippen LogP contribution in [0.1, 0.15) is 19.4 Å². The zero-order valence-corrected chi connectivity index (χ0v) is 10.1. The summed E-state index contributed by atoms with van der Waals surface area (Å²) in [6.07, 6.45) is 0. The Hall–Kier alpha value is -0.713. The molecule has 0 saturated heterocycles. The molecule has 15 heavy (non-hydrogen) atoms. The average Bonchev–Trinajstić information content (AvgIpc) is 2.18. The first-order chi connectivity index (χ1) is 7.26. The number of rotatable bonds is 6. The third-order valence-electron chi connectivity index (χ3n) is 1.85. The van der Waals surface area contributed by atoms with E-state index in [1.165, 1.54) is 12.1 Å². The summed E-state index contributed by atoms with van der Waals surface area (Å²) in [7, 11) is -1.28. The van der Waals surface area contributed by atoms with Crippen molar-refractivity contribution in [2.75, 3.05) is 13.2 Å². The van der Waals surface area contributed by atoms with Crippen molar-refractivity contribution in [3.05, 3.63) is 35.6 Å². The molecule has 1 aromatic rings. The lowest BCUT2D eigenvalue weighted by molar-refractivity contribution is 0.213. The summed E-state index contributed by atoms with van der Waals surface area (Å²) in [5.74, 6) is -0.207. The molecule has 0 heterocycles. The summed E-state index contributed by atoms with van der Waals surface area (Å²) in [6.45, 7) is 5.16. The molecule has 0 aromatic heterocycles. The topological polar surface area (TPSA) is 18.5 Å². The van der Waals surface area contributed by atoms with Gasteiger partial charge in [-0.05, 0) is 31.5 Å². The van der Waals surface area contributed by atoms with Gasteiger partial charge in [0, 0.05) is 19.3 Å². The maximum Gasteiger partial charge on any atom is 0.389 e. The molecule has 0 bridgehead atoms. The van der Waals surface area contributed by atoms with Crippen molar-refractivity contribution in [3.8, 4) is 0 Å². The SMILES string of the molecule is CCO[Si](Cc1cccc(F)c1)OCC. The quantitative estimate of drug-likeness (QED) is 0.695. The van der Waals surface area contributed by atoms with Crippen LogP contribution >= 0.6 is 0 Å². The molecule has 0 N–H and O–H groups in total. The van der Waals surface area contributed by atoms with Gasteiger partial charge in [-0.15, -0.1) is 0 Å². The lowest BCUT2D eigenvalue weighted by atomic mass is 10.2. The maximum atomic E-state index is 12.9. The summed E-state index contributed by atoms with van der Waals surface area (Å²) in [5.41, 5.74) is 0.936. The van der Waals surface area contributed by atoms with Crippen LogP contribution in [0.2, 0.25) is 0 Å². The van der Waals surface area contributed by atoms with Crippen molar-refractivity contribution in [2.45, 2.75) is 19.9 Å². The first-order valence-corrected chi connectivity index (χ1v) is 6.64. The fourth-order valence-electron chi connectivity index (χ4n) is 1.28. The molecule has 1 aromatic carbocycles. The van der Waals surface area contributed by atoms with Gasteiger partial charge in [-0.3, -0.25) is 0 Å². The first-order valence-electron chi connectivity index (χ1n) is 5.12. The van der Waals surface area contributed by atoms with Gasteiger partial charge in [0.25, 0.3) is 0 Å². The zero-order valence-electron chi connectivity index (χ0n) is 9.13. The molecule has 0 aliphatic heterocycles. The molecule has 1 rings (SSSR count). The molecule has 0 atom stereocenters. The largest absolute Gasteiger partial charge is 0.393 e. The molecular weight excluding hydrogens is 211 g/mol. The normalized spacial score (nSPS) is 10.9. The minimum atomic E-state index is -1.28. The lowest BCUT2D eigenvalue weighted by Crippen LogP contribution is -2.26. The predicted octanol–water partition coefficient (Wildman–Crippen LogP) is 2.47. The van der Waals surface area contributed by atoms with Crippen LogP contribution in [0.15, 0.2) is 24.3 Å². The summed E-state index contributed by atoms with van der Waals surface area (Å²) >= 11 is 0. The summed E-state index contributed by atoms with van der Waals surface area (Å²) in [4.78, 5) is 0. The van der Waals surface area contributed by atoms with Gasteiger partial charge in [-0.2, -0.15) is 0 Å². The van der Waals surface area contributed by atoms with Crippen LogP contribution in [-0.4, -0.2) is 22.5 Å². The molecule has 0 unspecified atom stereocenters. The number of halogens is 1. The second-order valence-corrected chi connectivity index (χ2v) is 4.72. The van der Waals surface area contributed by atoms with Crippen LogP contribution in [0.5, 0.6) is 0 Å². The van der Waals surface area contributed by atoms with E-state index in [-0.39, 0.29) is 5.82 Å². The standard InChI is InChI=1S/C11H16FO2Si/c1-3-13-15(14-4-2)9-10-6-5-7-11(12)8-10/h5-8H,3-4,9H2,1-2H3. The highest BCUT2D eigenvalue weighted by Gasteiger charge is 2.15. The van der Waals surface area contributed by atoms with Gasteiger partial charge < -0.3 is 8.85 Å². The molecule has 4 heteroatoms. The van der Waals surface area contributed by atoms with Gasteiger partial charge in [0.15, 0.2) is 0 Å². The fraction of sp³-hybridized carbons (Fsp3) is 0.455. The minimum absolute atomic E-state index is 0.207. The minimum Gasteiger partial charge on any atom is -0.393 e. The van der Waals surface area contributed by atoms with Crippen LogP contribution in [-0.2, 0) is 14.9 Å². The van der Waals surface area contributed by atoms with Crippen molar-refractivity contribution in [3.63, 3.8) is 0 Å². The Morgan fingerprint density at radius 1 is 1.20 bits per heavy atom. The highest BCUT2D eigenvalue weighted by molar-refractivity contribution is 6.43. The van der Waals surface area contributed by atoms with E-state index < -0.39 is 9.28 Å². The monoisotopic (exact) mass is 227 g/mol. The van der Waals surface area contributed by atoms with Gasteiger partial charge in [0.2, 0.25) is 0 Å². The molecule has 0 aliphatic carbocycles. The van der Waals surface area contributed by atoms with Gasteiger partial charge >= 0.3 is 9.28 Å². The summed E-state index contributed by atoms with van der Waals surface area (Å²) in [5, 5.41) is 0. The second kappa shape index (κ2) is 6.71. The van der Waals surface area contributed by atoms with E-state index in [4.69, 9.17) is 8.85 Å². The second-order valence-electron chi connectivity index (χ2n) is 3.04. The molecule has 2 nitrogen and oxygen atoms in total. The summed E-state index contributed by atoms with van der Waals surface area (Å²) in [6, 6.07) is 7.26. The van der Waals surface area contributed by atoms with E-state index in [2.05, 4.69) is 0 Å². The predicted molar refractivity (Wildman–Crippen MR) is 59.1 cm³/mol. The third kappa shape index (κ3) is 4.55. The van der Waals surface area contributed by atoms with Crippen LogP contribution in [0, 0.1) is 5.82 Å². The van der Waals surface area contributed by atoms with E-state index >= 15 is 0 Å². The molecule has 0 fully saturated rings. The lowest BCUT2D eigenvalue weighted by Gasteiger charge is -2.12. The highest BCUT2D eigenvalue weighted by atomic mass is 28.3. The molecule has 1 radical (unpaired) electrons. The van der Waals surface area contributed by atoms with Gasteiger partial charge in [0.1, 0.15) is 5.82 Å². The Labute approximate surface area is 91.9 Å². The van der Waals surface area contributed by atoms with Gasteiger partial charge in [0.05, 0.1) is 0 Å². The molecule has 0 amide bonds. The van der Waals surface area contributed by atoms with Crippen molar-refractivity contribution in [1.29, 1.82) is 0 Å². The van der Waals surface area contributed by atoms with E-state index in [0.717, 1.165) is 5.56 Å². The first kappa shape index (κ1) is 12.4. The Kier molecular flexibility index (Phi) is 5.53. The molecule has 83 valence electrons. The van der Waals surface area contributed by atoms with Crippen LogP contribution in [0.4, 0.5) is 4.39 Å². The van der Waals surface area contributed by atoms with E-state index in [0.29, 0.717) is 19.3 Å². The Morgan fingerprint density at radius 2 is 1.87 bits per heavy atom. The Bertz CT molecular complexity index is 288. The molecule has 0 saturated carbocycles. The van der Waals surface area contributed by atoms with Gasteiger partial charge in [-0.25, -0.2) is 4.39 Å². The van der Waals surface area contributed by atoms with Crippen molar-refractivity contribution < 1.29 is 13.2 Å². The Morgan fingerprint density at radius 3 is 2.40 bits per heavy atom. The van der Waals surface area contributed by atoms with E-state index in [9.17, 15) is 4.39 Å². The highest BCUT2D eigenvalue weighted by Crippen LogP contribution is 2.07. The third-order valence-corrected chi connectivity index (χ3v) is 3.77. The average molecular weight is 227 g/mol. The van der Waals surface area contributed by atoms with Crippen molar-refractivity contribution in [1.82, 2.24) is 0 Å². The number of hydrogen-bond acceptors (Lipinski definition) is 2. The van der Waals surface area contributed by atoms with Crippen molar-refractivity contribution in [2.24, 2.45) is 0 Å². The van der Waals surface area contributed by atoms with Crippen LogP contribution in [0.3, 0.4) is 0 Å². The smallest absolute Gasteiger partial charge is 0.389 e. The maximum absolute atomic E-state index is 12.9.